The number of aryl methyl sites for hydroxylation is 1. The zero-order valence-electron chi connectivity index (χ0n) is 17.6. The average Bonchev–Trinajstić information content (AvgIpc) is 3.49. The highest BCUT2D eigenvalue weighted by Gasteiger charge is 2.59. The Morgan fingerprint density at radius 2 is 2.03 bits per heavy atom. The van der Waals surface area contributed by atoms with Crippen LogP contribution >= 0.6 is 0 Å². The summed E-state index contributed by atoms with van der Waals surface area (Å²) in [5.74, 6) is 4.61. The lowest BCUT2D eigenvalue weighted by atomic mass is 9.75. The Labute approximate surface area is 178 Å². The third-order valence-electron chi connectivity index (χ3n) is 8.08. The summed E-state index contributed by atoms with van der Waals surface area (Å²) in [6.45, 7) is 2.51. The number of rotatable bonds is 4. The second-order valence-electron chi connectivity index (χ2n) is 9.81. The van der Waals surface area contributed by atoms with Crippen LogP contribution in [0.15, 0.2) is 29.3 Å². The van der Waals surface area contributed by atoms with Gasteiger partial charge in [0.1, 0.15) is 5.82 Å². The predicted octanol–water partition coefficient (Wildman–Crippen LogP) is 2.85. The van der Waals surface area contributed by atoms with Gasteiger partial charge in [0.05, 0.1) is 0 Å². The van der Waals surface area contributed by atoms with Gasteiger partial charge in [-0.15, -0.1) is 5.10 Å². The van der Waals surface area contributed by atoms with Gasteiger partial charge in [-0.2, -0.15) is 9.50 Å². The molecule has 4 aliphatic rings. The highest BCUT2D eigenvalue weighted by atomic mass is 16.1. The summed E-state index contributed by atoms with van der Waals surface area (Å²) in [4.78, 5) is 30.8. The Balaban J connectivity index is 1.42. The molecule has 158 valence electrons. The van der Waals surface area contributed by atoms with Crippen LogP contribution in [0.25, 0.3) is 16.9 Å². The van der Waals surface area contributed by atoms with Gasteiger partial charge in [-0.05, 0) is 68.4 Å². The molecule has 2 unspecified atom stereocenters. The standard InChI is InChI=1S/C23H25N7O/c1-2-29-20(31)18-19(30-22(29)25-17(28-30)9-13-4-3-5-24-12-13)27-21(26-18)23-10-14-6-15(11-23)8-16(23)7-14/h3-5,12,14-16H,2,6-11H2,1H3,(H,26,27). The first kappa shape index (κ1) is 17.6. The maximum Gasteiger partial charge on any atom is 0.281 e. The lowest BCUT2D eigenvalue weighted by Crippen LogP contribution is -2.29. The summed E-state index contributed by atoms with van der Waals surface area (Å²) < 4.78 is 3.46. The van der Waals surface area contributed by atoms with Gasteiger partial charge in [0.25, 0.3) is 5.56 Å². The third kappa shape index (κ3) is 2.33. The van der Waals surface area contributed by atoms with Crippen LogP contribution in [0.3, 0.4) is 0 Å². The minimum absolute atomic E-state index is 0.0572. The Kier molecular flexibility index (Phi) is 3.42. The number of aromatic amines is 1. The molecule has 0 radical (unpaired) electrons. The molecule has 4 heterocycles. The molecule has 0 amide bonds. The van der Waals surface area contributed by atoms with Crippen molar-refractivity contribution in [3.8, 4) is 0 Å². The van der Waals surface area contributed by atoms with Crippen LogP contribution in [0, 0.1) is 17.8 Å². The van der Waals surface area contributed by atoms with Crippen molar-refractivity contribution in [2.24, 2.45) is 17.8 Å². The van der Waals surface area contributed by atoms with Crippen molar-refractivity contribution in [1.29, 1.82) is 0 Å². The second kappa shape index (κ2) is 6.02. The molecular formula is C23H25N7O. The number of hydrogen-bond acceptors (Lipinski definition) is 5. The van der Waals surface area contributed by atoms with E-state index >= 15 is 0 Å². The summed E-state index contributed by atoms with van der Waals surface area (Å²) in [6, 6.07) is 3.92. The fourth-order valence-corrected chi connectivity index (χ4v) is 7.02. The van der Waals surface area contributed by atoms with E-state index < -0.39 is 0 Å². The highest BCUT2D eigenvalue weighted by molar-refractivity contribution is 5.73. The van der Waals surface area contributed by atoms with Crippen molar-refractivity contribution in [3.05, 3.63) is 52.1 Å². The van der Waals surface area contributed by atoms with E-state index in [1.165, 1.54) is 32.1 Å². The van der Waals surface area contributed by atoms with E-state index in [1.807, 2.05) is 25.3 Å². The minimum Gasteiger partial charge on any atom is -0.336 e. The molecule has 0 aromatic carbocycles. The number of aromatic nitrogens is 7. The maximum atomic E-state index is 13.3. The lowest BCUT2D eigenvalue weighted by Gasteiger charge is -2.30. The lowest BCUT2D eigenvalue weighted by molar-refractivity contribution is 0.262. The number of nitrogens with one attached hydrogen (secondary N) is 1. The molecule has 4 aliphatic carbocycles. The summed E-state index contributed by atoms with van der Waals surface area (Å²) >= 11 is 0. The molecular weight excluding hydrogens is 390 g/mol. The average molecular weight is 416 g/mol. The first-order chi connectivity index (χ1) is 15.1. The topological polar surface area (TPSA) is 93.8 Å². The minimum atomic E-state index is -0.0572. The van der Waals surface area contributed by atoms with Crippen LogP contribution in [0.2, 0.25) is 0 Å². The summed E-state index contributed by atoms with van der Waals surface area (Å²) in [5.41, 5.74) is 2.29. The van der Waals surface area contributed by atoms with Gasteiger partial charge >= 0.3 is 0 Å². The molecule has 4 aromatic heterocycles. The Hall–Kier alpha value is -3.03. The Bertz CT molecular complexity index is 1370. The first-order valence-corrected chi connectivity index (χ1v) is 11.4. The zero-order chi connectivity index (χ0) is 20.7. The van der Waals surface area contributed by atoms with Gasteiger partial charge in [-0.25, -0.2) is 4.98 Å². The van der Waals surface area contributed by atoms with E-state index in [4.69, 9.17) is 15.1 Å². The van der Waals surface area contributed by atoms with E-state index in [-0.39, 0.29) is 11.0 Å². The van der Waals surface area contributed by atoms with Crippen molar-refractivity contribution in [3.63, 3.8) is 0 Å². The van der Waals surface area contributed by atoms with Crippen molar-refractivity contribution in [2.75, 3.05) is 0 Å². The Morgan fingerprint density at radius 1 is 1.19 bits per heavy atom. The van der Waals surface area contributed by atoms with E-state index in [2.05, 4.69) is 9.97 Å². The summed E-state index contributed by atoms with van der Waals surface area (Å²) in [6.07, 6.45) is 10.6. The first-order valence-electron chi connectivity index (χ1n) is 11.4. The summed E-state index contributed by atoms with van der Waals surface area (Å²) in [7, 11) is 0. The monoisotopic (exact) mass is 415 g/mol. The SMILES string of the molecule is CCn1c(=O)c2[nH]c(C34CC5CC(CC3C5)C4)nc2n2nc(Cc3cccnc3)nc12. The van der Waals surface area contributed by atoms with Crippen LogP contribution in [0.5, 0.6) is 0 Å². The molecule has 4 aromatic rings. The van der Waals surface area contributed by atoms with Gasteiger partial charge in [0, 0.05) is 30.8 Å². The number of hydrogen-bond donors (Lipinski definition) is 1. The quantitative estimate of drug-likeness (QED) is 0.553. The molecule has 1 N–H and O–H groups in total. The Morgan fingerprint density at radius 3 is 2.77 bits per heavy atom. The van der Waals surface area contributed by atoms with E-state index in [0.717, 1.165) is 23.2 Å². The van der Waals surface area contributed by atoms with Gasteiger partial charge < -0.3 is 4.98 Å². The number of pyridine rings is 1. The van der Waals surface area contributed by atoms with Gasteiger partial charge in [0.2, 0.25) is 5.78 Å². The van der Waals surface area contributed by atoms with E-state index in [0.29, 0.717) is 41.6 Å². The third-order valence-corrected chi connectivity index (χ3v) is 8.08. The largest absolute Gasteiger partial charge is 0.336 e. The van der Waals surface area contributed by atoms with Gasteiger partial charge in [0.15, 0.2) is 17.0 Å². The van der Waals surface area contributed by atoms with E-state index in [1.54, 1.807) is 15.3 Å². The maximum absolute atomic E-state index is 13.3. The number of imidazole rings is 1. The predicted molar refractivity (Wildman–Crippen MR) is 115 cm³/mol. The fraction of sp³-hybridized carbons (Fsp3) is 0.522. The van der Waals surface area contributed by atoms with Gasteiger partial charge in [-0.1, -0.05) is 6.07 Å². The van der Waals surface area contributed by atoms with Crippen LogP contribution in [-0.4, -0.2) is 34.1 Å². The molecule has 31 heavy (non-hydrogen) atoms. The summed E-state index contributed by atoms with van der Waals surface area (Å²) in [5, 5.41) is 4.77. The van der Waals surface area contributed by atoms with Crippen LogP contribution in [0.4, 0.5) is 0 Å². The fourth-order valence-electron chi connectivity index (χ4n) is 7.02. The van der Waals surface area contributed by atoms with Crippen LogP contribution < -0.4 is 5.56 Å². The van der Waals surface area contributed by atoms with Crippen molar-refractivity contribution >= 4 is 16.9 Å². The number of fused-ring (bicyclic) bond motifs is 3. The highest BCUT2D eigenvalue weighted by Crippen LogP contribution is 2.65. The van der Waals surface area contributed by atoms with Crippen LogP contribution in [-0.2, 0) is 18.4 Å². The normalized spacial score (nSPS) is 29.0. The van der Waals surface area contributed by atoms with Crippen molar-refractivity contribution in [2.45, 2.75) is 57.4 Å². The number of nitrogens with zero attached hydrogens (tertiary/aromatic N) is 6. The molecule has 8 rings (SSSR count). The van der Waals surface area contributed by atoms with Crippen molar-refractivity contribution in [1.82, 2.24) is 34.1 Å². The smallest absolute Gasteiger partial charge is 0.281 e. The number of H-pyrrole nitrogens is 1. The molecule has 4 bridgehead atoms. The van der Waals surface area contributed by atoms with Gasteiger partial charge in [-0.3, -0.25) is 14.3 Å². The molecule has 0 saturated heterocycles. The van der Waals surface area contributed by atoms with Crippen molar-refractivity contribution < 1.29 is 0 Å². The molecule has 0 spiro atoms. The molecule has 2 atom stereocenters. The molecule has 8 nitrogen and oxygen atoms in total. The molecule has 4 fully saturated rings. The molecule has 0 aliphatic heterocycles. The second-order valence-corrected chi connectivity index (χ2v) is 9.81. The molecule has 8 heteroatoms. The zero-order valence-corrected chi connectivity index (χ0v) is 17.6. The van der Waals surface area contributed by atoms with E-state index in [9.17, 15) is 4.79 Å². The van der Waals surface area contributed by atoms with Crippen LogP contribution in [0.1, 0.15) is 56.2 Å². The molecule has 4 saturated carbocycles.